The first kappa shape index (κ1) is 16.3. The average Bonchev–Trinajstić information content (AvgIpc) is 3.00. The number of para-hydroxylation sites is 2. The summed E-state index contributed by atoms with van der Waals surface area (Å²) in [6, 6.07) is 14.3. The van der Waals surface area contributed by atoms with Gasteiger partial charge in [-0.15, -0.1) is 22.9 Å². The molecule has 0 aliphatic heterocycles. The summed E-state index contributed by atoms with van der Waals surface area (Å²) in [4.78, 5) is 24.3. The van der Waals surface area contributed by atoms with Crippen LogP contribution in [0.15, 0.2) is 48.5 Å². The van der Waals surface area contributed by atoms with Crippen molar-refractivity contribution in [3.63, 3.8) is 0 Å². The van der Waals surface area contributed by atoms with Crippen LogP contribution in [0.3, 0.4) is 0 Å². The Kier molecular flexibility index (Phi) is 4.69. The summed E-state index contributed by atoms with van der Waals surface area (Å²) < 4.78 is 0.949. The number of benzene rings is 2. The summed E-state index contributed by atoms with van der Waals surface area (Å²) in [6.45, 7) is 0. The van der Waals surface area contributed by atoms with Crippen LogP contribution in [0.2, 0.25) is 0 Å². The Labute approximate surface area is 147 Å². The Balaban J connectivity index is 1.83. The molecule has 7 heteroatoms. The molecule has 0 unspecified atom stereocenters. The Hall–Kier alpha value is -2.57. The third-order valence-corrected chi connectivity index (χ3v) is 4.71. The molecule has 1 aromatic heterocycles. The van der Waals surface area contributed by atoms with Gasteiger partial charge >= 0.3 is 0 Å². The molecule has 0 saturated heterocycles. The van der Waals surface area contributed by atoms with Crippen LogP contribution in [0.1, 0.15) is 9.67 Å². The second-order valence-corrected chi connectivity index (χ2v) is 6.44. The van der Waals surface area contributed by atoms with Gasteiger partial charge in [-0.2, -0.15) is 0 Å². The van der Waals surface area contributed by atoms with E-state index in [1.165, 1.54) is 11.3 Å². The monoisotopic (exact) mass is 359 g/mol. The summed E-state index contributed by atoms with van der Waals surface area (Å²) in [6.07, 6.45) is 0. The van der Waals surface area contributed by atoms with Crippen LogP contribution in [0.5, 0.6) is 0 Å². The summed E-state index contributed by atoms with van der Waals surface area (Å²) in [5, 5.41) is 6.36. The normalized spacial score (nSPS) is 10.5. The highest BCUT2D eigenvalue weighted by atomic mass is 35.5. The van der Waals surface area contributed by atoms with Crippen molar-refractivity contribution in [2.75, 3.05) is 22.2 Å². The number of nitrogen functional groups attached to an aromatic ring is 1. The molecule has 0 atom stereocenters. The number of hydrogen-bond donors (Lipinski definition) is 3. The molecular formula is C17H14ClN3O2S. The Morgan fingerprint density at radius 2 is 1.88 bits per heavy atom. The standard InChI is InChI=1S/C17H14ClN3O2S/c18-9-16(22)20-11-5-6-14-10(7-11)8-15(24-14)17(23)21-13-4-2-1-3-12(13)19/h1-8H,9,19H2,(H,20,22)(H,21,23). The van der Waals surface area contributed by atoms with E-state index in [0.29, 0.717) is 21.9 Å². The topological polar surface area (TPSA) is 84.2 Å². The van der Waals surface area contributed by atoms with E-state index in [2.05, 4.69) is 10.6 Å². The fourth-order valence-corrected chi connectivity index (χ4v) is 3.23. The Bertz CT molecular complexity index is 923. The largest absolute Gasteiger partial charge is 0.397 e. The quantitative estimate of drug-likeness (QED) is 0.487. The van der Waals surface area contributed by atoms with Crippen molar-refractivity contribution in [2.45, 2.75) is 0 Å². The number of carbonyl (C=O) groups excluding carboxylic acids is 2. The van der Waals surface area contributed by atoms with E-state index >= 15 is 0 Å². The van der Waals surface area contributed by atoms with Crippen molar-refractivity contribution in [3.05, 3.63) is 53.4 Å². The van der Waals surface area contributed by atoms with Crippen molar-refractivity contribution in [1.82, 2.24) is 0 Å². The predicted molar refractivity (Wildman–Crippen MR) is 100.0 cm³/mol. The van der Waals surface area contributed by atoms with Crippen LogP contribution >= 0.6 is 22.9 Å². The van der Waals surface area contributed by atoms with Crippen molar-refractivity contribution in [1.29, 1.82) is 0 Å². The highest BCUT2D eigenvalue weighted by Crippen LogP contribution is 2.29. The van der Waals surface area contributed by atoms with Crippen molar-refractivity contribution in [3.8, 4) is 0 Å². The van der Waals surface area contributed by atoms with E-state index in [1.54, 1.807) is 30.3 Å². The number of nitrogens with one attached hydrogen (secondary N) is 2. The number of hydrogen-bond acceptors (Lipinski definition) is 4. The maximum Gasteiger partial charge on any atom is 0.265 e. The van der Waals surface area contributed by atoms with Gasteiger partial charge in [0.2, 0.25) is 5.91 Å². The van der Waals surface area contributed by atoms with E-state index < -0.39 is 0 Å². The lowest BCUT2D eigenvalue weighted by molar-refractivity contribution is -0.113. The number of halogens is 1. The highest BCUT2D eigenvalue weighted by molar-refractivity contribution is 7.20. The lowest BCUT2D eigenvalue weighted by atomic mass is 10.2. The molecule has 1 heterocycles. The third kappa shape index (κ3) is 3.50. The highest BCUT2D eigenvalue weighted by Gasteiger charge is 2.12. The summed E-state index contributed by atoms with van der Waals surface area (Å²) in [5.74, 6) is -0.599. The van der Waals surface area contributed by atoms with Crippen LogP contribution in [0.25, 0.3) is 10.1 Å². The fraction of sp³-hybridized carbons (Fsp3) is 0.0588. The predicted octanol–water partition coefficient (Wildman–Crippen LogP) is 3.91. The van der Waals surface area contributed by atoms with E-state index in [4.69, 9.17) is 17.3 Å². The Morgan fingerprint density at radius 1 is 1.08 bits per heavy atom. The van der Waals surface area contributed by atoms with Gasteiger partial charge in [-0.25, -0.2) is 0 Å². The molecule has 5 nitrogen and oxygen atoms in total. The molecule has 4 N–H and O–H groups in total. The zero-order chi connectivity index (χ0) is 17.1. The van der Waals surface area contributed by atoms with Crippen molar-refractivity contribution in [2.24, 2.45) is 0 Å². The molecule has 122 valence electrons. The minimum absolute atomic E-state index is 0.103. The molecule has 0 saturated carbocycles. The molecule has 24 heavy (non-hydrogen) atoms. The van der Waals surface area contributed by atoms with Gasteiger partial charge in [0, 0.05) is 10.4 Å². The number of thiophene rings is 1. The Morgan fingerprint density at radius 3 is 2.62 bits per heavy atom. The minimum atomic E-state index is -0.274. The van der Waals surface area contributed by atoms with Gasteiger partial charge < -0.3 is 16.4 Å². The number of alkyl halides is 1. The SMILES string of the molecule is Nc1ccccc1NC(=O)c1cc2cc(NC(=O)CCl)ccc2s1. The fourth-order valence-electron chi connectivity index (χ4n) is 2.22. The summed E-state index contributed by atoms with van der Waals surface area (Å²) in [7, 11) is 0. The number of anilines is 3. The number of nitrogens with two attached hydrogens (primary N) is 1. The van der Waals surface area contributed by atoms with Crippen LogP contribution in [0, 0.1) is 0 Å². The van der Waals surface area contributed by atoms with Crippen molar-refractivity contribution < 1.29 is 9.59 Å². The van der Waals surface area contributed by atoms with Crippen molar-refractivity contribution >= 4 is 61.9 Å². The zero-order valence-electron chi connectivity index (χ0n) is 12.5. The molecule has 0 aliphatic rings. The van der Waals surface area contributed by atoms with E-state index in [1.807, 2.05) is 18.2 Å². The molecule has 3 aromatic rings. The van der Waals surface area contributed by atoms with E-state index in [9.17, 15) is 9.59 Å². The van der Waals surface area contributed by atoms with Crippen LogP contribution in [-0.4, -0.2) is 17.7 Å². The van der Waals surface area contributed by atoms with Gasteiger partial charge in [0.1, 0.15) is 5.88 Å². The molecule has 2 aromatic carbocycles. The summed E-state index contributed by atoms with van der Waals surface area (Å²) >= 11 is 6.85. The summed E-state index contributed by atoms with van der Waals surface area (Å²) in [5.41, 5.74) is 7.57. The van der Waals surface area contributed by atoms with Gasteiger partial charge in [0.15, 0.2) is 0 Å². The second-order valence-electron chi connectivity index (χ2n) is 5.09. The number of carbonyl (C=O) groups is 2. The first-order chi connectivity index (χ1) is 11.6. The maximum atomic E-state index is 12.4. The van der Waals surface area contributed by atoms with Crippen LogP contribution < -0.4 is 16.4 Å². The van der Waals surface area contributed by atoms with Crippen LogP contribution in [-0.2, 0) is 4.79 Å². The molecule has 0 aliphatic carbocycles. The molecule has 3 rings (SSSR count). The lowest BCUT2D eigenvalue weighted by Gasteiger charge is -2.05. The van der Waals surface area contributed by atoms with Gasteiger partial charge in [-0.3, -0.25) is 9.59 Å². The maximum absolute atomic E-state index is 12.4. The average molecular weight is 360 g/mol. The first-order valence-corrected chi connectivity index (χ1v) is 8.47. The number of fused-ring (bicyclic) bond motifs is 1. The smallest absolute Gasteiger partial charge is 0.265 e. The number of rotatable bonds is 4. The molecule has 0 radical (unpaired) electrons. The van der Waals surface area contributed by atoms with Gasteiger partial charge in [-0.05, 0) is 41.8 Å². The zero-order valence-corrected chi connectivity index (χ0v) is 14.1. The van der Waals surface area contributed by atoms with E-state index in [-0.39, 0.29) is 17.7 Å². The minimum Gasteiger partial charge on any atom is -0.397 e. The first-order valence-electron chi connectivity index (χ1n) is 7.12. The van der Waals surface area contributed by atoms with Crippen LogP contribution in [0.4, 0.5) is 17.1 Å². The second kappa shape index (κ2) is 6.90. The van der Waals surface area contributed by atoms with Gasteiger partial charge in [-0.1, -0.05) is 12.1 Å². The van der Waals surface area contributed by atoms with Gasteiger partial charge in [0.25, 0.3) is 5.91 Å². The molecule has 0 spiro atoms. The molecular weight excluding hydrogens is 346 g/mol. The van der Waals surface area contributed by atoms with E-state index in [0.717, 1.165) is 10.1 Å². The molecule has 2 amide bonds. The van der Waals surface area contributed by atoms with Gasteiger partial charge in [0.05, 0.1) is 16.3 Å². The molecule has 0 bridgehead atoms. The molecule has 0 fully saturated rings. The number of amides is 2. The lowest BCUT2D eigenvalue weighted by Crippen LogP contribution is -2.12. The third-order valence-electron chi connectivity index (χ3n) is 3.35.